The van der Waals surface area contributed by atoms with Crippen LogP contribution < -0.4 is 5.73 Å². The highest BCUT2D eigenvalue weighted by atomic mass is 79.9. The summed E-state index contributed by atoms with van der Waals surface area (Å²) in [6.07, 6.45) is 0. The summed E-state index contributed by atoms with van der Waals surface area (Å²) >= 11 is 11.4. The summed E-state index contributed by atoms with van der Waals surface area (Å²) < 4.78 is 0.993. The van der Waals surface area contributed by atoms with Gasteiger partial charge in [-0.15, -0.1) is 11.3 Å². The molecule has 2 N–H and O–H groups in total. The van der Waals surface area contributed by atoms with Crippen LogP contribution in [-0.4, -0.2) is 0 Å². The SMILES string of the molecule is CC(C)C(N)c1ccc(-c2ccc(Br)cc2Cl)s1. The first kappa shape index (κ1) is 14.1. The van der Waals surface area contributed by atoms with Gasteiger partial charge in [-0.25, -0.2) is 0 Å². The Morgan fingerprint density at radius 1 is 1.22 bits per heavy atom. The second-order valence-corrected chi connectivity index (χ2v) is 7.03. The minimum Gasteiger partial charge on any atom is -0.323 e. The normalized spacial score (nSPS) is 13.0. The summed E-state index contributed by atoms with van der Waals surface area (Å²) in [5.74, 6) is 0.442. The number of thiophene rings is 1. The maximum Gasteiger partial charge on any atom is 0.0503 e. The Kier molecular flexibility index (Phi) is 4.49. The number of hydrogen-bond acceptors (Lipinski definition) is 2. The lowest BCUT2D eigenvalue weighted by Crippen LogP contribution is -2.14. The molecule has 0 radical (unpaired) electrons. The fraction of sp³-hybridized carbons (Fsp3) is 0.286. The molecule has 2 aromatic rings. The Labute approximate surface area is 125 Å². The second-order valence-electron chi connectivity index (χ2n) is 4.60. The third-order valence-corrected chi connectivity index (χ3v) is 4.90. The van der Waals surface area contributed by atoms with Crippen molar-refractivity contribution in [1.29, 1.82) is 0 Å². The number of benzene rings is 1. The van der Waals surface area contributed by atoms with Gasteiger partial charge in [0.25, 0.3) is 0 Å². The van der Waals surface area contributed by atoms with Crippen LogP contribution in [0.5, 0.6) is 0 Å². The van der Waals surface area contributed by atoms with Crippen molar-refractivity contribution in [1.82, 2.24) is 0 Å². The molecule has 0 aliphatic rings. The molecule has 18 heavy (non-hydrogen) atoms. The first-order chi connectivity index (χ1) is 8.49. The van der Waals surface area contributed by atoms with Crippen LogP contribution in [0, 0.1) is 5.92 Å². The van der Waals surface area contributed by atoms with Crippen molar-refractivity contribution in [2.45, 2.75) is 19.9 Å². The fourth-order valence-corrected chi connectivity index (χ4v) is 3.75. The molecule has 0 saturated carbocycles. The van der Waals surface area contributed by atoms with Gasteiger partial charge in [0, 0.05) is 25.8 Å². The van der Waals surface area contributed by atoms with Gasteiger partial charge in [0.2, 0.25) is 0 Å². The number of halogens is 2. The molecule has 0 bridgehead atoms. The third-order valence-electron chi connectivity index (χ3n) is 2.87. The molecule has 0 aliphatic carbocycles. The molecule has 1 atom stereocenters. The molecule has 2 rings (SSSR count). The Morgan fingerprint density at radius 3 is 2.56 bits per heavy atom. The number of hydrogen-bond donors (Lipinski definition) is 1. The van der Waals surface area contributed by atoms with Gasteiger partial charge >= 0.3 is 0 Å². The van der Waals surface area contributed by atoms with Crippen LogP contribution in [0.4, 0.5) is 0 Å². The third kappa shape index (κ3) is 2.97. The van der Waals surface area contributed by atoms with E-state index < -0.39 is 0 Å². The summed E-state index contributed by atoms with van der Waals surface area (Å²) in [5.41, 5.74) is 7.22. The average molecular weight is 345 g/mol. The van der Waals surface area contributed by atoms with Gasteiger partial charge in [-0.2, -0.15) is 0 Å². The summed E-state index contributed by atoms with van der Waals surface area (Å²) in [7, 11) is 0. The van der Waals surface area contributed by atoms with Crippen LogP contribution in [0.1, 0.15) is 24.8 Å². The first-order valence-corrected chi connectivity index (χ1v) is 7.78. The molecular formula is C14H15BrClNS. The maximum atomic E-state index is 6.26. The highest BCUT2D eigenvalue weighted by molar-refractivity contribution is 9.10. The van der Waals surface area contributed by atoms with Gasteiger partial charge in [-0.1, -0.05) is 47.4 Å². The zero-order chi connectivity index (χ0) is 13.3. The molecule has 0 fully saturated rings. The van der Waals surface area contributed by atoms with E-state index in [1.165, 1.54) is 9.75 Å². The second kappa shape index (κ2) is 5.74. The average Bonchev–Trinajstić information content (AvgIpc) is 2.77. The van der Waals surface area contributed by atoms with Crippen LogP contribution in [0.25, 0.3) is 10.4 Å². The highest BCUT2D eigenvalue weighted by Crippen LogP contribution is 2.37. The van der Waals surface area contributed by atoms with E-state index in [1.807, 2.05) is 18.2 Å². The van der Waals surface area contributed by atoms with Crippen molar-refractivity contribution in [2.24, 2.45) is 11.7 Å². The van der Waals surface area contributed by atoms with E-state index in [2.05, 4.69) is 41.9 Å². The molecular weight excluding hydrogens is 330 g/mol. The number of nitrogens with two attached hydrogens (primary N) is 1. The first-order valence-electron chi connectivity index (χ1n) is 5.79. The van der Waals surface area contributed by atoms with Crippen LogP contribution >= 0.6 is 38.9 Å². The Balaban J connectivity index is 2.35. The van der Waals surface area contributed by atoms with Gasteiger partial charge in [0.05, 0.1) is 5.02 Å². The molecule has 0 aliphatic heterocycles. The lowest BCUT2D eigenvalue weighted by Gasteiger charge is -2.12. The van der Waals surface area contributed by atoms with Crippen LogP contribution in [0.3, 0.4) is 0 Å². The van der Waals surface area contributed by atoms with E-state index in [0.29, 0.717) is 5.92 Å². The van der Waals surface area contributed by atoms with Crippen molar-refractivity contribution in [3.05, 3.63) is 44.7 Å². The Bertz CT molecular complexity index is 550. The Morgan fingerprint density at radius 2 is 1.94 bits per heavy atom. The smallest absolute Gasteiger partial charge is 0.0503 e. The van der Waals surface area contributed by atoms with Crippen LogP contribution in [-0.2, 0) is 0 Å². The summed E-state index contributed by atoms with van der Waals surface area (Å²) in [6, 6.07) is 10.2. The van der Waals surface area contributed by atoms with E-state index in [4.69, 9.17) is 17.3 Å². The molecule has 1 heterocycles. The van der Waals surface area contributed by atoms with E-state index in [9.17, 15) is 0 Å². The molecule has 4 heteroatoms. The molecule has 1 unspecified atom stereocenters. The topological polar surface area (TPSA) is 26.0 Å². The van der Waals surface area contributed by atoms with Crippen molar-refractivity contribution < 1.29 is 0 Å². The van der Waals surface area contributed by atoms with E-state index >= 15 is 0 Å². The van der Waals surface area contributed by atoms with Gasteiger partial charge in [-0.3, -0.25) is 0 Å². The molecule has 0 spiro atoms. The van der Waals surface area contributed by atoms with E-state index in [0.717, 1.165) is 15.1 Å². The largest absolute Gasteiger partial charge is 0.323 e. The van der Waals surface area contributed by atoms with Crippen molar-refractivity contribution in [3.63, 3.8) is 0 Å². The van der Waals surface area contributed by atoms with Crippen molar-refractivity contribution in [3.8, 4) is 10.4 Å². The predicted octanol–water partition coefficient (Wildman–Crippen LogP) is 5.49. The highest BCUT2D eigenvalue weighted by Gasteiger charge is 2.14. The summed E-state index contributed by atoms with van der Waals surface area (Å²) in [4.78, 5) is 2.37. The fourth-order valence-electron chi connectivity index (χ4n) is 1.69. The van der Waals surface area contributed by atoms with Crippen LogP contribution in [0.2, 0.25) is 5.02 Å². The van der Waals surface area contributed by atoms with Gasteiger partial charge in [0.15, 0.2) is 0 Å². The van der Waals surface area contributed by atoms with Gasteiger partial charge in [-0.05, 0) is 30.2 Å². The standard InChI is InChI=1S/C14H15BrClNS/c1-8(2)14(17)13-6-5-12(18-13)10-4-3-9(15)7-11(10)16/h3-8,14H,17H2,1-2H3. The Hall–Kier alpha value is -0.350. The van der Waals surface area contributed by atoms with Crippen molar-refractivity contribution >= 4 is 38.9 Å². The van der Waals surface area contributed by atoms with E-state index in [1.54, 1.807) is 11.3 Å². The quantitative estimate of drug-likeness (QED) is 0.783. The zero-order valence-corrected chi connectivity index (χ0v) is 13.4. The molecule has 96 valence electrons. The summed E-state index contributed by atoms with van der Waals surface area (Å²) in [6.45, 7) is 4.27. The summed E-state index contributed by atoms with van der Waals surface area (Å²) in [5, 5.41) is 0.760. The minimum atomic E-state index is 0.0953. The van der Waals surface area contributed by atoms with Gasteiger partial charge < -0.3 is 5.73 Å². The molecule has 1 nitrogen and oxygen atoms in total. The minimum absolute atomic E-state index is 0.0953. The predicted molar refractivity (Wildman–Crippen MR) is 84.2 cm³/mol. The maximum absolute atomic E-state index is 6.26. The number of rotatable bonds is 3. The molecule has 1 aromatic heterocycles. The zero-order valence-electron chi connectivity index (χ0n) is 10.3. The van der Waals surface area contributed by atoms with Gasteiger partial charge in [0.1, 0.15) is 0 Å². The molecule has 1 aromatic carbocycles. The van der Waals surface area contributed by atoms with Crippen LogP contribution in [0.15, 0.2) is 34.8 Å². The molecule has 0 amide bonds. The molecule has 0 saturated heterocycles. The van der Waals surface area contributed by atoms with Crippen molar-refractivity contribution in [2.75, 3.05) is 0 Å². The monoisotopic (exact) mass is 343 g/mol. The lowest BCUT2D eigenvalue weighted by atomic mass is 10.0. The van der Waals surface area contributed by atoms with E-state index in [-0.39, 0.29) is 6.04 Å². The lowest BCUT2D eigenvalue weighted by molar-refractivity contribution is 0.521.